The highest BCUT2D eigenvalue weighted by molar-refractivity contribution is 5.61. The van der Waals surface area contributed by atoms with Crippen molar-refractivity contribution in [2.75, 3.05) is 31.6 Å². The fourth-order valence-corrected chi connectivity index (χ4v) is 3.42. The van der Waals surface area contributed by atoms with Crippen LogP contribution in [0.5, 0.6) is 5.75 Å². The number of piperidine rings is 1. The quantitative estimate of drug-likeness (QED) is 0.925. The van der Waals surface area contributed by atoms with Crippen LogP contribution in [0.2, 0.25) is 0 Å². The fourth-order valence-electron chi connectivity index (χ4n) is 3.42. The van der Waals surface area contributed by atoms with Gasteiger partial charge in [0.2, 0.25) is 0 Å². The van der Waals surface area contributed by atoms with Gasteiger partial charge >= 0.3 is 0 Å². The highest BCUT2D eigenvalue weighted by atomic mass is 16.5. The first kappa shape index (κ1) is 14.7. The lowest BCUT2D eigenvalue weighted by molar-refractivity contribution is 0.147. The van der Waals surface area contributed by atoms with Gasteiger partial charge in [-0.05, 0) is 61.9 Å². The molecule has 2 heterocycles. The van der Waals surface area contributed by atoms with E-state index in [1.165, 1.54) is 43.6 Å². The van der Waals surface area contributed by atoms with Crippen LogP contribution in [-0.4, -0.2) is 32.8 Å². The highest BCUT2D eigenvalue weighted by Crippen LogP contribution is 2.35. The Morgan fingerprint density at radius 3 is 2.76 bits per heavy atom. The molecule has 21 heavy (non-hydrogen) atoms. The predicted molar refractivity (Wildman–Crippen MR) is 88.3 cm³/mol. The van der Waals surface area contributed by atoms with Gasteiger partial charge in [-0.25, -0.2) is 0 Å². The molecule has 0 saturated carbocycles. The number of benzene rings is 1. The van der Waals surface area contributed by atoms with Gasteiger partial charge in [0.05, 0.1) is 12.2 Å². The lowest BCUT2D eigenvalue weighted by Crippen LogP contribution is -2.40. The van der Waals surface area contributed by atoms with Gasteiger partial charge in [0.15, 0.2) is 0 Å². The van der Waals surface area contributed by atoms with Gasteiger partial charge < -0.3 is 15.0 Å². The summed E-state index contributed by atoms with van der Waals surface area (Å²) in [6.07, 6.45) is 4.12. The Balaban J connectivity index is 1.73. The number of anilines is 1. The first-order valence-corrected chi connectivity index (χ1v) is 8.35. The van der Waals surface area contributed by atoms with Crippen LogP contribution in [0.1, 0.15) is 32.3 Å². The smallest absolute Gasteiger partial charge is 0.143 e. The number of hydrogen-bond donors (Lipinski definition) is 1. The summed E-state index contributed by atoms with van der Waals surface area (Å²) in [6, 6.07) is 6.78. The van der Waals surface area contributed by atoms with Gasteiger partial charge in [0.25, 0.3) is 0 Å². The zero-order chi connectivity index (χ0) is 14.8. The molecule has 0 radical (unpaired) electrons. The maximum Gasteiger partial charge on any atom is 0.143 e. The molecule has 1 fully saturated rings. The number of hydrogen-bond acceptors (Lipinski definition) is 3. The second kappa shape index (κ2) is 6.27. The molecular weight excluding hydrogens is 260 g/mol. The summed E-state index contributed by atoms with van der Waals surface area (Å²) < 4.78 is 6.16. The first-order chi connectivity index (χ1) is 10.1. The van der Waals surface area contributed by atoms with Gasteiger partial charge in [-0.2, -0.15) is 0 Å². The molecule has 0 aliphatic carbocycles. The van der Waals surface area contributed by atoms with Gasteiger partial charge in [-0.1, -0.05) is 19.9 Å². The van der Waals surface area contributed by atoms with E-state index in [4.69, 9.17) is 4.74 Å². The number of nitrogens with zero attached hydrogens (tertiary/aromatic N) is 1. The van der Waals surface area contributed by atoms with Gasteiger partial charge in [-0.3, -0.25) is 0 Å². The number of likely N-dealkylation sites (N-methyl/N-ethyl adjacent to an activating group) is 1. The van der Waals surface area contributed by atoms with E-state index in [0.29, 0.717) is 12.0 Å². The van der Waals surface area contributed by atoms with Crippen molar-refractivity contribution in [3.63, 3.8) is 0 Å². The van der Waals surface area contributed by atoms with E-state index >= 15 is 0 Å². The topological polar surface area (TPSA) is 24.5 Å². The van der Waals surface area contributed by atoms with Crippen molar-refractivity contribution >= 4 is 5.69 Å². The molecule has 116 valence electrons. The summed E-state index contributed by atoms with van der Waals surface area (Å²) in [6.45, 7) is 7.80. The zero-order valence-electron chi connectivity index (χ0n) is 13.6. The predicted octanol–water partition coefficient (Wildman–Crippen LogP) is 3.08. The third-order valence-corrected chi connectivity index (χ3v) is 4.89. The summed E-state index contributed by atoms with van der Waals surface area (Å²) in [5.41, 5.74) is 2.72. The molecule has 1 N–H and O–H groups in total. The van der Waals surface area contributed by atoms with Crippen molar-refractivity contribution in [2.45, 2.75) is 39.2 Å². The van der Waals surface area contributed by atoms with Crippen LogP contribution < -0.4 is 15.0 Å². The zero-order valence-corrected chi connectivity index (χ0v) is 13.6. The molecule has 1 aromatic carbocycles. The van der Waals surface area contributed by atoms with E-state index in [0.717, 1.165) is 18.2 Å². The maximum atomic E-state index is 6.16. The fraction of sp³-hybridized carbons (Fsp3) is 0.667. The SMILES string of the molecule is CC(C)C1CN(C)c2cc(CC3CCNCC3)ccc2O1. The van der Waals surface area contributed by atoms with Crippen LogP contribution in [0, 0.1) is 11.8 Å². The van der Waals surface area contributed by atoms with Gasteiger partial charge in [-0.15, -0.1) is 0 Å². The molecule has 0 amide bonds. The largest absolute Gasteiger partial charge is 0.486 e. The average Bonchev–Trinajstić information content (AvgIpc) is 2.48. The van der Waals surface area contributed by atoms with E-state index in [9.17, 15) is 0 Å². The van der Waals surface area contributed by atoms with Crippen molar-refractivity contribution in [1.82, 2.24) is 5.32 Å². The van der Waals surface area contributed by atoms with Crippen molar-refractivity contribution in [2.24, 2.45) is 11.8 Å². The molecule has 1 saturated heterocycles. The van der Waals surface area contributed by atoms with Crippen molar-refractivity contribution < 1.29 is 4.74 Å². The minimum Gasteiger partial charge on any atom is -0.486 e. The molecule has 3 nitrogen and oxygen atoms in total. The Hall–Kier alpha value is -1.22. The molecule has 1 unspecified atom stereocenters. The van der Waals surface area contributed by atoms with Crippen LogP contribution in [0.15, 0.2) is 18.2 Å². The van der Waals surface area contributed by atoms with E-state index in [2.05, 4.69) is 49.3 Å². The number of ether oxygens (including phenoxy) is 1. The van der Waals surface area contributed by atoms with Crippen LogP contribution in [-0.2, 0) is 6.42 Å². The van der Waals surface area contributed by atoms with Crippen LogP contribution in [0.3, 0.4) is 0 Å². The highest BCUT2D eigenvalue weighted by Gasteiger charge is 2.26. The number of fused-ring (bicyclic) bond motifs is 1. The van der Waals surface area contributed by atoms with Gasteiger partial charge in [0, 0.05) is 7.05 Å². The minimum atomic E-state index is 0.303. The number of nitrogens with one attached hydrogen (secondary N) is 1. The Morgan fingerprint density at radius 1 is 1.29 bits per heavy atom. The molecule has 2 aliphatic heterocycles. The summed E-state index contributed by atoms with van der Waals surface area (Å²) in [5, 5.41) is 3.44. The summed E-state index contributed by atoms with van der Waals surface area (Å²) in [7, 11) is 2.19. The Morgan fingerprint density at radius 2 is 2.05 bits per heavy atom. The van der Waals surface area contributed by atoms with E-state index < -0.39 is 0 Å². The lowest BCUT2D eigenvalue weighted by atomic mass is 9.90. The van der Waals surface area contributed by atoms with Gasteiger partial charge in [0.1, 0.15) is 11.9 Å². The molecule has 0 spiro atoms. The second-order valence-corrected chi connectivity index (χ2v) is 6.98. The maximum absolute atomic E-state index is 6.16. The summed E-state index contributed by atoms with van der Waals surface area (Å²) in [4.78, 5) is 2.36. The summed E-state index contributed by atoms with van der Waals surface area (Å²) in [5.74, 6) is 2.44. The van der Waals surface area contributed by atoms with Crippen LogP contribution in [0.4, 0.5) is 5.69 Å². The average molecular weight is 288 g/mol. The molecule has 3 rings (SSSR count). The first-order valence-electron chi connectivity index (χ1n) is 8.35. The van der Waals surface area contributed by atoms with E-state index in [1.807, 2.05) is 0 Å². The standard InChI is InChI=1S/C18H28N2O/c1-13(2)18-12-20(3)16-11-15(4-5-17(16)21-18)10-14-6-8-19-9-7-14/h4-5,11,13-14,18-19H,6-10,12H2,1-3H3. The monoisotopic (exact) mass is 288 g/mol. The molecular formula is C18H28N2O. The summed E-state index contributed by atoms with van der Waals surface area (Å²) >= 11 is 0. The lowest BCUT2D eigenvalue weighted by Gasteiger charge is -2.36. The Labute approximate surface area is 128 Å². The van der Waals surface area contributed by atoms with Crippen LogP contribution in [0.25, 0.3) is 0 Å². The molecule has 2 aliphatic rings. The minimum absolute atomic E-state index is 0.303. The third kappa shape index (κ3) is 3.34. The van der Waals surface area contributed by atoms with Crippen molar-refractivity contribution in [1.29, 1.82) is 0 Å². The number of rotatable bonds is 3. The van der Waals surface area contributed by atoms with E-state index in [1.54, 1.807) is 0 Å². The molecule has 3 heteroatoms. The van der Waals surface area contributed by atoms with E-state index in [-0.39, 0.29) is 0 Å². The van der Waals surface area contributed by atoms with Crippen molar-refractivity contribution in [3.8, 4) is 5.75 Å². The Bertz CT molecular complexity index is 480. The molecule has 0 bridgehead atoms. The third-order valence-electron chi connectivity index (χ3n) is 4.89. The molecule has 0 aromatic heterocycles. The normalized spacial score (nSPS) is 23.0. The Kier molecular flexibility index (Phi) is 4.39. The van der Waals surface area contributed by atoms with Crippen LogP contribution >= 0.6 is 0 Å². The molecule has 1 atom stereocenters. The van der Waals surface area contributed by atoms with Crippen molar-refractivity contribution in [3.05, 3.63) is 23.8 Å². The molecule has 1 aromatic rings. The second-order valence-electron chi connectivity index (χ2n) is 6.98.